The minimum Gasteiger partial charge on any atom is -0.507 e. The molecule has 2 aromatic carbocycles. The van der Waals surface area contributed by atoms with E-state index in [1.165, 1.54) is 15.7 Å². The Bertz CT molecular complexity index is 1370. The topological polar surface area (TPSA) is 104 Å². The molecule has 0 fully saturated rings. The van der Waals surface area contributed by atoms with Gasteiger partial charge in [-0.05, 0) is 53.9 Å². The number of nitrogens with one attached hydrogen (secondary N) is 3. The summed E-state index contributed by atoms with van der Waals surface area (Å²) in [6, 6.07) is 9.95. The molecule has 0 radical (unpaired) electrons. The Balaban J connectivity index is 1.48. The highest BCUT2D eigenvalue weighted by atomic mass is 16.5. The number of phenols is 1. The van der Waals surface area contributed by atoms with Crippen LogP contribution in [0.1, 0.15) is 16.7 Å². The van der Waals surface area contributed by atoms with Crippen LogP contribution >= 0.6 is 0 Å². The summed E-state index contributed by atoms with van der Waals surface area (Å²) in [5, 5.41) is 25.1. The average molecular weight is 431 g/mol. The molecule has 3 heterocycles. The molecule has 2 aromatic heterocycles. The van der Waals surface area contributed by atoms with Gasteiger partial charge in [-0.15, -0.1) is 0 Å². The number of aryl methyl sites for hydroxylation is 1. The number of aromatic nitrogens is 3. The second-order valence-corrected chi connectivity index (χ2v) is 8.06. The Morgan fingerprint density at radius 3 is 2.97 bits per heavy atom. The highest BCUT2D eigenvalue weighted by Crippen LogP contribution is 2.36. The number of fused-ring (bicyclic) bond motifs is 2. The molecule has 0 aliphatic carbocycles. The molecule has 0 amide bonds. The lowest BCUT2D eigenvalue weighted by molar-refractivity contribution is 0.401. The van der Waals surface area contributed by atoms with E-state index in [-0.39, 0.29) is 11.3 Å². The zero-order valence-corrected chi connectivity index (χ0v) is 18.0. The minimum atomic E-state index is -0.154. The summed E-state index contributed by atoms with van der Waals surface area (Å²) in [6.07, 6.45) is 4.38. The van der Waals surface area contributed by atoms with Gasteiger partial charge in [0.15, 0.2) is 0 Å². The van der Waals surface area contributed by atoms with E-state index in [0.717, 1.165) is 36.3 Å². The van der Waals surface area contributed by atoms with Crippen molar-refractivity contribution in [3.63, 3.8) is 0 Å². The van der Waals surface area contributed by atoms with Crippen LogP contribution in [0.25, 0.3) is 22.0 Å². The summed E-state index contributed by atoms with van der Waals surface area (Å²) in [6.45, 7) is 2.31. The van der Waals surface area contributed by atoms with E-state index in [1.807, 2.05) is 6.07 Å². The largest absolute Gasteiger partial charge is 0.507 e. The number of pyridine rings is 1. The molecule has 0 saturated heterocycles. The van der Waals surface area contributed by atoms with Crippen LogP contribution in [0.5, 0.6) is 11.5 Å². The lowest BCUT2D eigenvalue weighted by atomic mass is 9.99. The van der Waals surface area contributed by atoms with E-state index in [2.05, 4.69) is 39.0 Å². The molecule has 0 bridgehead atoms. The second kappa shape index (κ2) is 8.05. The third-order valence-electron chi connectivity index (χ3n) is 6.06. The van der Waals surface area contributed by atoms with E-state index in [1.54, 1.807) is 32.6 Å². The van der Waals surface area contributed by atoms with E-state index < -0.39 is 0 Å². The Hall–Kier alpha value is -3.78. The normalized spacial score (nSPS) is 13.2. The lowest BCUT2D eigenvalue weighted by Gasteiger charge is -2.19. The zero-order chi connectivity index (χ0) is 22.2. The van der Waals surface area contributed by atoms with Gasteiger partial charge in [0.2, 0.25) is 0 Å². The number of methoxy groups -OCH3 is 1. The first-order valence-electron chi connectivity index (χ1n) is 10.5. The van der Waals surface area contributed by atoms with E-state index >= 15 is 0 Å². The number of ether oxygens (including phenoxy) is 1. The molecule has 4 N–H and O–H groups in total. The number of nitrogens with zero attached hydrogens (tertiary/aromatic N) is 2. The fourth-order valence-corrected chi connectivity index (χ4v) is 4.31. The van der Waals surface area contributed by atoms with Gasteiger partial charge in [-0.1, -0.05) is 6.07 Å². The third kappa shape index (κ3) is 3.48. The Morgan fingerprint density at radius 1 is 1.25 bits per heavy atom. The minimum absolute atomic E-state index is 0.125. The van der Waals surface area contributed by atoms with Crippen molar-refractivity contribution in [1.29, 1.82) is 0 Å². The number of anilines is 1. The van der Waals surface area contributed by atoms with Crippen LogP contribution in [-0.4, -0.2) is 33.5 Å². The molecule has 4 aromatic rings. The van der Waals surface area contributed by atoms with Crippen molar-refractivity contribution >= 4 is 16.6 Å². The highest BCUT2D eigenvalue weighted by molar-refractivity contribution is 5.94. The Kier molecular flexibility index (Phi) is 5.07. The monoisotopic (exact) mass is 431 g/mol. The number of phenolic OH excluding ortho intramolecular Hbond substituents is 1. The summed E-state index contributed by atoms with van der Waals surface area (Å²) in [4.78, 5) is 12.3. The number of aromatic hydroxyl groups is 1. The molecular weight excluding hydrogens is 406 g/mol. The molecule has 8 heteroatoms. The maximum absolute atomic E-state index is 12.3. The predicted octanol–water partition coefficient (Wildman–Crippen LogP) is 2.90. The Morgan fingerprint density at radius 2 is 2.12 bits per heavy atom. The van der Waals surface area contributed by atoms with Gasteiger partial charge < -0.3 is 25.0 Å². The van der Waals surface area contributed by atoms with Crippen LogP contribution in [0.4, 0.5) is 5.69 Å². The van der Waals surface area contributed by atoms with Crippen molar-refractivity contribution in [1.82, 2.24) is 20.1 Å². The van der Waals surface area contributed by atoms with Gasteiger partial charge in [0, 0.05) is 43.0 Å². The Labute approximate surface area is 184 Å². The highest BCUT2D eigenvalue weighted by Gasteiger charge is 2.17. The van der Waals surface area contributed by atoms with Gasteiger partial charge in [0.05, 0.1) is 18.9 Å². The van der Waals surface area contributed by atoms with E-state index in [9.17, 15) is 9.90 Å². The smallest absolute Gasteiger partial charge is 0.276 e. The van der Waals surface area contributed by atoms with Crippen molar-refractivity contribution in [2.45, 2.75) is 19.5 Å². The maximum atomic E-state index is 12.3. The average Bonchev–Trinajstić information content (AvgIpc) is 3.30. The molecule has 8 nitrogen and oxygen atoms in total. The number of aromatic amines is 1. The van der Waals surface area contributed by atoms with Gasteiger partial charge in [-0.25, -0.2) is 0 Å². The number of hydrogen-bond donors (Lipinski definition) is 4. The predicted molar refractivity (Wildman–Crippen MR) is 124 cm³/mol. The van der Waals surface area contributed by atoms with Gasteiger partial charge >= 0.3 is 0 Å². The van der Waals surface area contributed by atoms with Crippen molar-refractivity contribution in [2.24, 2.45) is 7.05 Å². The van der Waals surface area contributed by atoms with Crippen LogP contribution in [0, 0.1) is 0 Å². The molecule has 1 aliphatic heterocycles. The third-order valence-corrected chi connectivity index (χ3v) is 6.06. The van der Waals surface area contributed by atoms with Crippen molar-refractivity contribution in [3.8, 4) is 22.6 Å². The second-order valence-electron chi connectivity index (χ2n) is 8.06. The van der Waals surface area contributed by atoms with Crippen molar-refractivity contribution < 1.29 is 9.84 Å². The standard InChI is InChI=1S/C24H25N5O3/c1-29-13-20(18-12-27-28-23(18)24(29)31)16-8-21(30)19(22(9-16)32-2)11-26-17-4-3-15-10-25-6-5-14(15)7-17/h3-4,7-9,12-13,25-26,30H,5-6,10-11H2,1-2H3,(H,27,28). The van der Waals surface area contributed by atoms with Crippen LogP contribution in [0.15, 0.2) is 47.5 Å². The first-order valence-corrected chi connectivity index (χ1v) is 10.5. The van der Waals surface area contributed by atoms with Gasteiger partial charge in [-0.3, -0.25) is 9.89 Å². The van der Waals surface area contributed by atoms with Crippen molar-refractivity contribution in [2.75, 3.05) is 19.0 Å². The molecule has 0 saturated carbocycles. The fraction of sp³-hybridized carbons (Fsp3) is 0.250. The molecule has 0 atom stereocenters. The van der Waals surface area contributed by atoms with Gasteiger partial charge in [0.1, 0.15) is 17.0 Å². The van der Waals surface area contributed by atoms with Gasteiger partial charge in [-0.2, -0.15) is 5.10 Å². The van der Waals surface area contributed by atoms with Crippen LogP contribution in [-0.2, 0) is 26.6 Å². The summed E-state index contributed by atoms with van der Waals surface area (Å²) in [7, 11) is 3.28. The van der Waals surface area contributed by atoms with Gasteiger partial charge in [0.25, 0.3) is 5.56 Å². The fourth-order valence-electron chi connectivity index (χ4n) is 4.31. The SMILES string of the molecule is COc1cc(-c2cn(C)c(=O)c3[nH]ncc23)cc(O)c1CNc1ccc2c(c1)CCNC2. The van der Waals surface area contributed by atoms with E-state index in [0.29, 0.717) is 28.8 Å². The molecule has 164 valence electrons. The summed E-state index contributed by atoms with van der Waals surface area (Å²) < 4.78 is 7.12. The van der Waals surface area contributed by atoms with E-state index in [4.69, 9.17) is 4.74 Å². The van der Waals surface area contributed by atoms with Crippen LogP contribution in [0.3, 0.4) is 0 Å². The molecule has 0 unspecified atom stereocenters. The number of hydrogen-bond acceptors (Lipinski definition) is 6. The summed E-state index contributed by atoms with van der Waals surface area (Å²) >= 11 is 0. The molecule has 32 heavy (non-hydrogen) atoms. The summed E-state index contributed by atoms with van der Waals surface area (Å²) in [5.41, 5.74) is 6.15. The van der Waals surface area contributed by atoms with Crippen molar-refractivity contribution in [3.05, 3.63) is 69.8 Å². The summed E-state index contributed by atoms with van der Waals surface area (Å²) in [5.74, 6) is 0.694. The molecule has 0 spiro atoms. The lowest BCUT2D eigenvalue weighted by Crippen LogP contribution is -2.23. The maximum Gasteiger partial charge on any atom is 0.276 e. The molecule has 5 rings (SSSR count). The first kappa shape index (κ1) is 20.1. The first-order chi connectivity index (χ1) is 15.5. The van der Waals surface area contributed by atoms with Crippen LogP contribution in [0.2, 0.25) is 0 Å². The molecular formula is C24H25N5O3. The number of rotatable bonds is 5. The number of H-pyrrole nitrogens is 1. The molecule has 1 aliphatic rings. The quantitative estimate of drug-likeness (QED) is 0.387. The van der Waals surface area contributed by atoms with Crippen LogP contribution < -0.4 is 20.9 Å². The zero-order valence-electron chi connectivity index (χ0n) is 18.0. The number of benzene rings is 2.